The molecular formula is C44H27N. The minimum atomic E-state index is -0.422. The van der Waals surface area contributed by atoms with Gasteiger partial charge < -0.3 is 0 Å². The van der Waals surface area contributed by atoms with E-state index in [1.807, 2.05) is 12.4 Å². The van der Waals surface area contributed by atoms with Gasteiger partial charge in [0.15, 0.2) is 0 Å². The highest BCUT2D eigenvalue weighted by Crippen LogP contribution is 2.65. The van der Waals surface area contributed by atoms with Gasteiger partial charge in [0, 0.05) is 12.4 Å². The maximum atomic E-state index is 4.21. The van der Waals surface area contributed by atoms with Gasteiger partial charge in [-0.15, -0.1) is 0 Å². The van der Waals surface area contributed by atoms with Crippen molar-refractivity contribution in [2.45, 2.75) is 5.41 Å². The Morgan fingerprint density at radius 2 is 0.956 bits per heavy atom. The highest BCUT2D eigenvalue weighted by atomic mass is 14.6. The van der Waals surface area contributed by atoms with Crippen LogP contribution in [0.4, 0.5) is 0 Å². The zero-order valence-electron chi connectivity index (χ0n) is 24.5. The molecule has 0 aliphatic heterocycles. The molecule has 0 radical (unpaired) electrons. The van der Waals surface area contributed by atoms with Gasteiger partial charge in [0.2, 0.25) is 0 Å². The van der Waals surface area contributed by atoms with Gasteiger partial charge in [-0.2, -0.15) is 0 Å². The van der Waals surface area contributed by atoms with Crippen molar-refractivity contribution in [1.82, 2.24) is 4.98 Å². The molecule has 2 aliphatic carbocycles. The summed E-state index contributed by atoms with van der Waals surface area (Å²) in [6.45, 7) is 0. The van der Waals surface area contributed by atoms with Crippen LogP contribution in [-0.2, 0) is 5.41 Å². The third-order valence-corrected chi connectivity index (χ3v) is 10.2. The predicted octanol–water partition coefficient (Wildman–Crippen LogP) is 11.1. The summed E-state index contributed by atoms with van der Waals surface area (Å²) in [6, 6.07) is 56.5. The van der Waals surface area contributed by atoms with Gasteiger partial charge >= 0.3 is 0 Å². The van der Waals surface area contributed by atoms with Crippen LogP contribution in [0.25, 0.3) is 66.1 Å². The molecule has 10 rings (SSSR count). The molecule has 0 fully saturated rings. The summed E-state index contributed by atoms with van der Waals surface area (Å²) >= 11 is 0. The minimum Gasteiger partial charge on any atom is -0.265 e. The van der Waals surface area contributed by atoms with E-state index in [1.54, 1.807) is 0 Å². The maximum absolute atomic E-state index is 4.21. The molecule has 1 aromatic heterocycles. The Bertz CT molecular complexity index is 2420. The molecule has 0 saturated carbocycles. The molecule has 1 heterocycles. The second-order valence-corrected chi connectivity index (χ2v) is 12.3. The van der Waals surface area contributed by atoms with Crippen molar-refractivity contribution in [2.24, 2.45) is 0 Å². The lowest BCUT2D eigenvalue weighted by molar-refractivity contribution is 0.802. The molecule has 0 amide bonds. The van der Waals surface area contributed by atoms with E-state index in [1.165, 1.54) is 88.3 Å². The van der Waals surface area contributed by atoms with Gasteiger partial charge in [-0.25, -0.2) is 0 Å². The molecule has 0 unspecified atom stereocenters. The first-order valence-electron chi connectivity index (χ1n) is 15.6. The molecule has 0 N–H and O–H groups in total. The third kappa shape index (κ3) is 3.20. The molecule has 2 aliphatic rings. The Morgan fingerprint density at radius 3 is 1.69 bits per heavy atom. The van der Waals surface area contributed by atoms with E-state index in [-0.39, 0.29) is 0 Å². The number of fused-ring (bicyclic) bond motifs is 14. The highest BCUT2D eigenvalue weighted by Gasteiger charge is 2.53. The van der Waals surface area contributed by atoms with Crippen molar-refractivity contribution in [3.05, 3.63) is 186 Å². The number of hydrogen-bond donors (Lipinski definition) is 0. The lowest BCUT2D eigenvalue weighted by atomic mass is 9.69. The summed E-state index contributed by atoms with van der Waals surface area (Å²) in [6.07, 6.45) is 3.71. The molecule has 0 bridgehead atoms. The van der Waals surface area contributed by atoms with Crippen molar-refractivity contribution in [2.75, 3.05) is 0 Å². The van der Waals surface area contributed by atoms with Crippen LogP contribution in [0.3, 0.4) is 0 Å². The van der Waals surface area contributed by atoms with E-state index in [9.17, 15) is 0 Å². The zero-order chi connectivity index (χ0) is 29.5. The van der Waals surface area contributed by atoms with E-state index in [0.29, 0.717) is 0 Å². The summed E-state index contributed by atoms with van der Waals surface area (Å²) < 4.78 is 0. The van der Waals surface area contributed by atoms with E-state index < -0.39 is 5.41 Å². The summed E-state index contributed by atoms with van der Waals surface area (Å²) in [4.78, 5) is 4.21. The first-order chi connectivity index (χ1) is 22.3. The van der Waals surface area contributed by atoms with Crippen molar-refractivity contribution in [1.29, 1.82) is 0 Å². The largest absolute Gasteiger partial charge is 0.265 e. The first-order valence-corrected chi connectivity index (χ1v) is 15.6. The summed E-state index contributed by atoms with van der Waals surface area (Å²) in [5.74, 6) is 0. The molecule has 0 saturated heterocycles. The van der Waals surface area contributed by atoms with Crippen LogP contribution in [0.1, 0.15) is 22.3 Å². The molecule has 208 valence electrons. The lowest BCUT2D eigenvalue weighted by Crippen LogP contribution is -2.26. The number of rotatable bonds is 2. The van der Waals surface area contributed by atoms with Crippen molar-refractivity contribution in [3.63, 3.8) is 0 Å². The number of pyridine rings is 1. The molecular weight excluding hydrogens is 542 g/mol. The maximum Gasteiger partial charge on any atom is 0.0731 e. The first kappa shape index (κ1) is 24.6. The molecule has 7 aromatic carbocycles. The van der Waals surface area contributed by atoms with Gasteiger partial charge in [-0.3, -0.25) is 4.98 Å². The van der Waals surface area contributed by atoms with Crippen LogP contribution in [0.2, 0.25) is 0 Å². The number of aromatic nitrogens is 1. The third-order valence-electron chi connectivity index (χ3n) is 10.2. The SMILES string of the molecule is c1ccc2c(c1)-c1ccccc1C21c2cc(-c3ccc(-c4ccncc4)cc3)c3ccccc3c2-c2ccc3ccccc3c21. The average Bonchev–Trinajstić information content (AvgIpc) is 3.59. The lowest BCUT2D eigenvalue weighted by Gasteiger charge is -2.32. The summed E-state index contributed by atoms with van der Waals surface area (Å²) in [7, 11) is 0. The van der Waals surface area contributed by atoms with Crippen molar-refractivity contribution < 1.29 is 0 Å². The highest BCUT2D eigenvalue weighted by molar-refractivity contribution is 6.14. The van der Waals surface area contributed by atoms with Gasteiger partial charge in [0.25, 0.3) is 0 Å². The van der Waals surface area contributed by atoms with E-state index in [4.69, 9.17) is 0 Å². The normalized spacial score (nSPS) is 13.5. The van der Waals surface area contributed by atoms with Gasteiger partial charge in [-0.05, 0) is 107 Å². The fourth-order valence-corrected chi connectivity index (χ4v) is 8.40. The summed E-state index contributed by atoms with van der Waals surface area (Å²) in [5.41, 5.74) is 15.3. The smallest absolute Gasteiger partial charge is 0.0731 e. The molecule has 1 spiro atoms. The molecule has 0 atom stereocenters. The molecule has 1 heteroatoms. The fourth-order valence-electron chi connectivity index (χ4n) is 8.40. The van der Waals surface area contributed by atoms with Crippen LogP contribution in [0.15, 0.2) is 164 Å². The van der Waals surface area contributed by atoms with E-state index in [2.05, 4.69) is 157 Å². The van der Waals surface area contributed by atoms with E-state index in [0.717, 1.165) is 0 Å². The van der Waals surface area contributed by atoms with Crippen LogP contribution in [-0.4, -0.2) is 4.98 Å². The zero-order valence-corrected chi connectivity index (χ0v) is 24.5. The van der Waals surface area contributed by atoms with Crippen molar-refractivity contribution >= 4 is 21.5 Å². The number of benzene rings is 7. The second-order valence-electron chi connectivity index (χ2n) is 12.3. The molecule has 45 heavy (non-hydrogen) atoms. The monoisotopic (exact) mass is 569 g/mol. The van der Waals surface area contributed by atoms with Crippen LogP contribution >= 0.6 is 0 Å². The van der Waals surface area contributed by atoms with E-state index >= 15 is 0 Å². The average molecular weight is 570 g/mol. The molecule has 8 aromatic rings. The Kier molecular flexibility index (Phi) is 4.99. The Morgan fingerprint density at radius 1 is 0.378 bits per heavy atom. The van der Waals surface area contributed by atoms with Crippen LogP contribution < -0.4 is 0 Å². The standard InChI is InChI=1S/C44H27N/c1-2-10-32-30(9-1)21-22-37-42-36-14-4-3-11-33(36)38(31-19-17-28(18-20-31)29-23-25-45-26-24-29)27-41(42)44(43(32)37)39-15-7-5-12-34(39)35-13-6-8-16-40(35)44/h1-27H. The predicted molar refractivity (Wildman–Crippen MR) is 186 cm³/mol. The Balaban J connectivity index is 1.35. The Labute approximate surface area is 262 Å². The minimum absolute atomic E-state index is 0.422. The van der Waals surface area contributed by atoms with Gasteiger partial charge in [0.05, 0.1) is 5.41 Å². The number of hydrogen-bond acceptors (Lipinski definition) is 1. The molecule has 1 nitrogen and oxygen atoms in total. The topological polar surface area (TPSA) is 12.9 Å². The second kappa shape index (κ2) is 9.11. The fraction of sp³-hybridized carbons (Fsp3) is 0.0227. The van der Waals surface area contributed by atoms with Gasteiger partial charge in [0.1, 0.15) is 0 Å². The summed E-state index contributed by atoms with van der Waals surface area (Å²) in [5, 5.41) is 5.19. The van der Waals surface area contributed by atoms with Crippen LogP contribution in [0.5, 0.6) is 0 Å². The quantitative estimate of drug-likeness (QED) is 0.202. The Hall–Kier alpha value is -5.79. The van der Waals surface area contributed by atoms with Crippen LogP contribution in [0, 0.1) is 0 Å². The van der Waals surface area contributed by atoms with Gasteiger partial charge in [-0.1, -0.05) is 133 Å². The van der Waals surface area contributed by atoms with Crippen molar-refractivity contribution in [3.8, 4) is 44.5 Å². The number of nitrogens with zero attached hydrogens (tertiary/aromatic N) is 1.